The summed E-state index contributed by atoms with van der Waals surface area (Å²) in [4.78, 5) is 11.0. The topological polar surface area (TPSA) is 26.3 Å². The molecule has 0 aromatic carbocycles. The van der Waals surface area contributed by atoms with Crippen LogP contribution in [0.15, 0.2) is 11.7 Å². The standard InChI is InChI=1S/C13H22F2O2/c1-3-17-12(16)10-8-6-4-5-7-9-11(2)13(14)15/h3-10H2,1-2H3. The monoisotopic (exact) mass is 248 g/mol. The van der Waals surface area contributed by atoms with Crippen LogP contribution < -0.4 is 0 Å². The van der Waals surface area contributed by atoms with Gasteiger partial charge in [-0.3, -0.25) is 4.79 Å². The highest BCUT2D eigenvalue weighted by atomic mass is 19.3. The Kier molecular flexibility index (Phi) is 9.68. The van der Waals surface area contributed by atoms with E-state index in [1.54, 1.807) is 6.92 Å². The smallest absolute Gasteiger partial charge is 0.305 e. The second-order valence-electron chi connectivity index (χ2n) is 4.11. The van der Waals surface area contributed by atoms with Crippen molar-refractivity contribution < 1.29 is 18.3 Å². The molecule has 0 radical (unpaired) electrons. The largest absolute Gasteiger partial charge is 0.466 e. The molecule has 4 heteroatoms. The van der Waals surface area contributed by atoms with E-state index in [0.29, 0.717) is 19.4 Å². The lowest BCUT2D eigenvalue weighted by atomic mass is 10.1. The molecule has 0 aliphatic rings. The number of rotatable bonds is 9. The van der Waals surface area contributed by atoms with Crippen LogP contribution in [0.25, 0.3) is 0 Å². The summed E-state index contributed by atoms with van der Waals surface area (Å²) in [6.07, 6.45) is 3.89. The average Bonchev–Trinajstić information content (AvgIpc) is 2.27. The third-order valence-corrected chi connectivity index (χ3v) is 2.56. The molecule has 0 unspecified atom stereocenters. The summed E-state index contributed by atoms with van der Waals surface area (Å²) in [6, 6.07) is 0. The maximum Gasteiger partial charge on any atom is 0.305 e. The summed E-state index contributed by atoms with van der Waals surface area (Å²) in [5, 5.41) is 0. The quantitative estimate of drug-likeness (QED) is 0.445. The molecule has 0 aromatic heterocycles. The number of hydrogen-bond acceptors (Lipinski definition) is 2. The minimum Gasteiger partial charge on any atom is -0.466 e. The Hall–Kier alpha value is -0.930. The second-order valence-corrected chi connectivity index (χ2v) is 4.11. The highest BCUT2D eigenvalue weighted by Crippen LogP contribution is 2.16. The Bertz CT molecular complexity index is 246. The fraction of sp³-hybridized carbons (Fsp3) is 0.769. The first-order valence-electron chi connectivity index (χ1n) is 6.24. The van der Waals surface area contributed by atoms with Crippen molar-refractivity contribution in [3.63, 3.8) is 0 Å². The van der Waals surface area contributed by atoms with Crippen molar-refractivity contribution in [1.82, 2.24) is 0 Å². The zero-order valence-corrected chi connectivity index (χ0v) is 10.7. The van der Waals surface area contributed by atoms with Crippen LogP contribution in [0.5, 0.6) is 0 Å². The van der Waals surface area contributed by atoms with Gasteiger partial charge in [0.1, 0.15) is 0 Å². The van der Waals surface area contributed by atoms with Crippen molar-refractivity contribution in [3.8, 4) is 0 Å². The highest BCUT2D eigenvalue weighted by Gasteiger charge is 2.01. The van der Waals surface area contributed by atoms with Crippen molar-refractivity contribution in [2.75, 3.05) is 6.61 Å². The van der Waals surface area contributed by atoms with Gasteiger partial charge in [-0.2, -0.15) is 8.78 Å². The first kappa shape index (κ1) is 16.1. The number of unbranched alkanes of at least 4 members (excludes halogenated alkanes) is 4. The molecule has 0 fully saturated rings. The molecule has 0 heterocycles. The molecule has 0 aliphatic heterocycles. The van der Waals surface area contributed by atoms with E-state index in [4.69, 9.17) is 4.74 Å². The Balaban J connectivity index is 3.30. The predicted molar refractivity (Wildman–Crippen MR) is 63.9 cm³/mol. The summed E-state index contributed by atoms with van der Waals surface area (Å²) in [5.41, 5.74) is 0.191. The lowest BCUT2D eigenvalue weighted by Gasteiger charge is -2.02. The number of esters is 1. The van der Waals surface area contributed by atoms with Gasteiger partial charge in [0.25, 0.3) is 6.08 Å². The molecule has 0 aromatic rings. The van der Waals surface area contributed by atoms with Gasteiger partial charge < -0.3 is 4.74 Å². The van der Waals surface area contributed by atoms with Gasteiger partial charge in [-0.05, 0) is 38.7 Å². The minimum absolute atomic E-state index is 0.147. The normalized spacial score (nSPS) is 10.1. The summed E-state index contributed by atoms with van der Waals surface area (Å²) in [5.74, 6) is -0.147. The van der Waals surface area contributed by atoms with E-state index in [2.05, 4.69) is 0 Å². The van der Waals surface area contributed by atoms with Gasteiger partial charge in [0, 0.05) is 6.42 Å². The molecule has 0 atom stereocenters. The molecule has 17 heavy (non-hydrogen) atoms. The van der Waals surface area contributed by atoms with Crippen LogP contribution in [0.3, 0.4) is 0 Å². The average molecular weight is 248 g/mol. The molecule has 0 amide bonds. The zero-order chi connectivity index (χ0) is 13.1. The van der Waals surface area contributed by atoms with Crippen molar-refractivity contribution in [2.24, 2.45) is 0 Å². The molecule has 2 nitrogen and oxygen atoms in total. The number of allylic oxidation sites excluding steroid dienone is 1. The van der Waals surface area contributed by atoms with Crippen LogP contribution in [0, 0.1) is 0 Å². The first-order valence-corrected chi connectivity index (χ1v) is 6.24. The van der Waals surface area contributed by atoms with Crippen LogP contribution in [0.1, 0.15) is 58.8 Å². The fourth-order valence-electron chi connectivity index (χ4n) is 1.52. The summed E-state index contributed by atoms with van der Waals surface area (Å²) >= 11 is 0. The molecule has 0 saturated carbocycles. The van der Waals surface area contributed by atoms with Gasteiger partial charge in [0.05, 0.1) is 6.61 Å². The number of ether oxygens (including phenoxy) is 1. The summed E-state index contributed by atoms with van der Waals surface area (Å²) in [7, 11) is 0. The maximum atomic E-state index is 12.0. The number of carbonyl (C=O) groups is 1. The highest BCUT2D eigenvalue weighted by molar-refractivity contribution is 5.69. The van der Waals surface area contributed by atoms with E-state index in [0.717, 1.165) is 32.1 Å². The Morgan fingerprint density at radius 2 is 1.53 bits per heavy atom. The van der Waals surface area contributed by atoms with E-state index in [9.17, 15) is 13.6 Å². The van der Waals surface area contributed by atoms with E-state index < -0.39 is 6.08 Å². The van der Waals surface area contributed by atoms with E-state index >= 15 is 0 Å². The van der Waals surface area contributed by atoms with Gasteiger partial charge >= 0.3 is 5.97 Å². The van der Waals surface area contributed by atoms with E-state index in [-0.39, 0.29) is 11.5 Å². The molecule has 0 spiro atoms. The van der Waals surface area contributed by atoms with Gasteiger partial charge in [-0.15, -0.1) is 0 Å². The molecule has 0 saturated heterocycles. The van der Waals surface area contributed by atoms with Crippen molar-refractivity contribution in [3.05, 3.63) is 11.7 Å². The van der Waals surface area contributed by atoms with E-state index in [1.165, 1.54) is 6.92 Å². The number of halogens is 2. The molecule has 0 aliphatic carbocycles. The third kappa shape index (κ3) is 9.97. The predicted octanol–water partition coefficient (Wildman–Crippen LogP) is 4.45. The van der Waals surface area contributed by atoms with E-state index in [1.807, 2.05) is 0 Å². The van der Waals surface area contributed by atoms with Crippen molar-refractivity contribution in [2.45, 2.75) is 58.8 Å². The first-order chi connectivity index (χ1) is 8.07. The molecular weight excluding hydrogens is 226 g/mol. The SMILES string of the molecule is CCOC(=O)CCCCCCCC(C)=C(F)F. The summed E-state index contributed by atoms with van der Waals surface area (Å²) < 4.78 is 28.9. The minimum atomic E-state index is -1.55. The van der Waals surface area contributed by atoms with Gasteiger partial charge in [-0.25, -0.2) is 0 Å². The van der Waals surface area contributed by atoms with Crippen LogP contribution in [-0.4, -0.2) is 12.6 Å². The number of carbonyl (C=O) groups excluding carboxylic acids is 1. The molecule has 0 N–H and O–H groups in total. The van der Waals surface area contributed by atoms with Crippen LogP contribution >= 0.6 is 0 Å². The van der Waals surface area contributed by atoms with Crippen molar-refractivity contribution >= 4 is 5.97 Å². The van der Waals surface area contributed by atoms with Crippen LogP contribution in [-0.2, 0) is 9.53 Å². The Morgan fingerprint density at radius 1 is 1.00 bits per heavy atom. The van der Waals surface area contributed by atoms with Crippen LogP contribution in [0.2, 0.25) is 0 Å². The molecule has 0 bridgehead atoms. The number of hydrogen-bond donors (Lipinski definition) is 0. The van der Waals surface area contributed by atoms with Gasteiger partial charge in [-0.1, -0.05) is 19.3 Å². The maximum absolute atomic E-state index is 12.0. The van der Waals surface area contributed by atoms with Gasteiger partial charge in [0.2, 0.25) is 0 Å². The zero-order valence-electron chi connectivity index (χ0n) is 10.7. The second kappa shape index (κ2) is 10.2. The molecular formula is C13H22F2O2. The van der Waals surface area contributed by atoms with Crippen LogP contribution in [0.4, 0.5) is 8.78 Å². The Labute approximate surface area is 102 Å². The lowest BCUT2D eigenvalue weighted by molar-refractivity contribution is -0.143. The summed E-state index contributed by atoms with van der Waals surface area (Å²) in [6.45, 7) is 3.69. The van der Waals surface area contributed by atoms with Crippen molar-refractivity contribution in [1.29, 1.82) is 0 Å². The lowest BCUT2D eigenvalue weighted by Crippen LogP contribution is -2.03. The van der Waals surface area contributed by atoms with Gasteiger partial charge in [0.15, 0.2) is 0 Å². The Morgan fingerprint density at radius 3 is 2.06 bits per heavy atom. The molecule has 100 valence electrons. The molecule has 0 rings (SSSR count). The fourth-order valence-corrected chi connectivity index (χ4v) is 1.52. The third-order valence-electron chi connectivity index (χ3n) is 2.56.